The molecular weight excluding hydrogens is 437 g/mol. The number of nitro benzene ring substituents is 1. The van der Waals surface area contributed by atoms with Gasteiger partial charge in [-0.15, -0.1) is 0 Å². The summed E-state index contributed by atoms with van der Waals surface area (Å²) in [5, 5.41) is 13.6. The van der Waals surface area contributed by atoms with Crippen LogP contribution in [0.5, 0.6) is 0 Å². The molecule has 32 heavy (non-hydrogen) atoms. The molecule has 0 aromatic heterocycles. The number of nitro groups is 1. The van der Waals surface area contributed by atoms with E-state index in [4.69, 9.17) is 0 Å². The maximum atomic E-state index is 13.2. The average Bonchev–Trinajstić information content (AvgIpc) is 2.79. The predicted octanol–water partition coefficient (Wildman–Crippen LogP) is 4.13. The van der Waals surface area contributed by atoms with Crippen LogP contribution in [0.2, 0.25) is 0 Å². The smallest absolute Gasteiger partial charge is 0.270 e. The molecule has 0 radical (unpaired) electrons. The van der Waals surface area contributed by atoms with E-state index in [-0.39, 0.29) is 22.7 Å². The van der Waals surface area contributed by atoms with E-state index in [1.54, 1.807) is 18.2 Å². The van der Waals surface area contributed by atoms with Gasteiger partial charge in [0.1, 0.15) is 5.82 Å². The number of halogens is 1. The molecule has 8 nitrogen and oxygen atoms in total. The van der Waals surface area contributed by atoms with Crippen LogP contribution in [-0.4, -0.2) is 25.8 Å². The second kappa shape index (κ2) is 8.39. The summed E-state index contributed by atoms with van der Waals surface area (Å²) in [6.45, 7) is 0.284. The van der Waals surface area contributed by atoms with E-state index >= 15 is 0 Å². The standard InChI is InChI=1S/C22H18FN3O5S/c23-17-6-9-20(10-7-17)32(30,31)25-12-2-4-15-13-18(8-11-21(15)25)24-22(27)16-3-1-5-19(14-16)26(28)29/h1,3,5-11,13-14H,2,4,12H2,(H,24,27). The first-order valence-corrected chi connectivity index (χ1v) is 11.2. The molecule has 1 N–H and O–H groups in total. The second-order valence-electron chi connectivity index (χ2n) is 7.24. The third-order valence-electron chi connectivity index (χ3n) is 5.13. The molecule has 0 saturated carbocycles. The van der Waals surface area contributed by atoms with Gasteiger partial charge in [0.05, 0.1) is 15.5 Å². The van der Waals surface area contributed by atoms with E-state index in [0.717, 1.165) is 17.7 Å². The number of anilines is 2. The number of sulfonamides is 1. The average molecular weight is 455 g/mol. The number of aryl methyl sites for hydroxylation is 1. The molecule has 0 bridgehead atoms. The van der Waals surface area contributed by atoms with Gasteiger partial charge < -0.3 is 5.32 Å². The molecule has 1 aliphatic rings. The van der Waals surface area contributed by atoms with Crippen molar-refractivity contribution in [2.45, 2.75) is 17.7 Å². The third-order valence-corrected chi connectivity index (χ3v) is 6.96. The van der Waals surface area contributed by atoms with Crippen molar-refractivity contribution in [3.05, 3.63) is 93.8 Å². The molecule has 1 amide bonds. The summed E-state index contributed by atoms with van der Waals surface area (Å²) in [7, 11) is -3.87. The highest BCUT2D eigenvalue weighted by Gasteiger charge is 2.29. The highest BCUT2D eigenvalue weighted by molar-refractivity contribution is 7.92. The number of nitrogens with one attached hydrogen (secondary N) is 1. The van der Waals surface area contributed by atoms with Gasteiger partial charge in [-0.05, 0) is 66.9 Å². The molecule has 0 spiro atoms. The van der Waals surface area contributed by atoms with Gasteiger partial charge in [0.25, 0.3) is 21.6 Å². The van der Waals surface area contributed by atoms with Gasteiger partial charge in [-0.1, -0.05) is 6.07 Å². The van der Waals surface area contributed by atoms with Crippen molar-refractivity contribution in [1.29, 1.82) is 0 Å². The van der Waals surface area contributed by atoms with E-state index in [1.165, 1.54) is 40.7 Å². The Hall–Kier alpha value is -3.79. The van der Waals surface area contributed by atoms with E-state index < -0.39 is 26.7 Å². The van der Waals surface area contributed by atoms with Crippen molar-refractivity contribution >= 4 is 33.0 Å². The van der Waals surface area contributed by atoms with Gasteiger partial charge in [0.2, 0.25) is 0 Å². The minimum atomic E-state index is -3.87. The molecule has 1 heterocycles. The second-order valence-corrected chi connectivity index (χ2v) is 9.10. The topological polar surface area (TPSA) is 110 Å². The highest BCUT2D eigenvalue weighted by atomic mass is 32.2. The minimum absolute atomic E-state index is 0.00481. The first kappa shape index (κ1) is 21.4. The van der Waals surface area contributed by atoms with Crippen molar-refractivity contribution in [2.75, 3.05) is 16.2 Å². The first-order chi connectivity index (χ1) is 15.3. The number of hydrogen-bond donors (Lipinski definition) is 1. The van der Waals surface area contributed by atoms with E-state index in [1.807, 2.05) is 0 Å². The van der Waals surface area contributed by atoms with Crippen LogP contribution >= 0.6 is 0 Å². The van der Waals surface area contributed by atoms with Gasteiger partial charge in [0.15, 0.2) is 0 Å². The largest absolute Gasteiger partial charge is 0.322 e. The summed E-state index contributed by atoms with van der Waals surface area (Å²) in [5.41, 5.74) is 1.62. The lowest BCUT2D eigenvalue weighted by Crippen LogP contribution is -2.35. The summed E-state index contributed by atoms with van der Waals surface area (Å²) in [6, 6.07) is 14.9. The Morgan fingerprint density at radius 3 is 2.53 bits per heavy atom. The summed E-state index contributed by atoms with van der Waals surface area (Å²) in [4.78, 5) is 22.9. The number of fused-ring (bicyclic) bond motifs is 1. The van der Waals surface area contributed by atoms with Crippen LogP contribution < -0.4 is 9.62 Å². The number of hydrogen-bond acceptors (Lipinski definition) is 5. The number of nitrogens with zero attached hydrogens (tertiary/aromatic N) is 2. The molecule has 0 unspecified atom stereocenters. The SMILES string of the molecule is O=C(Nc1ccc2c(c1)CCCN2S(=O)(=O)c1ccc(F)cc1)c1cccc([N+](=O)[O-])c1. The van der Waals surface area contributed by atoms with Crippen molar-refractivity contribution in [3.63, 3.8) is 0 Å². The molecule has 3 aromatic carbocycles. The van der Waals surface area contributed by atoms with Gasteiger partial charge in [-0.25, -0.2) is 12.8 Å². The summed E-state index contributed by atoms with van der Waals surface area (Å²) in [6.07, 6.45) is 1.20. The van der Waals surface area contributed by atoms with Crippen LogP contribution in [0.3, 0.4) is 0 Å². The number of rotatable bonds is 5. The third kappa shape index (κ3) is 4.17. The zero-order chi connectivity index (χ0) is 22.9. The number of carbonyl (C=O) groups is 1. The summed E-state index contributed by atoms with van der Waals surface area (Å²) in [5.74, 6) is -1.03. The Labute approximate surface area is 183 Å². The predicted molar refractivity (Wildman–Crippen MR) is 117 cm³/mol. The lowest BCUT2D eigenvalue weighted by molar-refractivity contribution is -0.384. The molecule has 0 aliphatic carbocycles. The maximum absolute atomic E-state index is 13.2. The zero-order valence-corrected chi connectivity index (χ0v) is 17.5. The first-order valence-electron chi connectivity index (χ1n) is 9.73. The number of non-ortho nitro benzene ring substituents is 1. The monoisotopic (exact) mass is 455 g/mol. The Balaban J connectivity index is 1.60. The van der Waals surface area contributed by atoms with E-state index in [0.29, 0.717) is 24.2 Å². The quantitative estimate of drug-likeness (QED) is 0.460. The van der Waals surface area contributed by atoms with Crippen LogP contribution in [0, 0.1) is 15.9 Å². The number of amides is 1. The van der Waals surface area contributed by atoms with Crippen molar-refractivity contribution in [2.24, 2.45) is 0 Å². The van der Waals surface area contributed by atoms with Crippen LogP contribution in [0.4, 0.5) is 21.5 Å². The lowest BCUT2D eigenvalue weighted by Gasteiger charge is -2.31. The maximum Gasteiger partial charge on any atom is 0.270 e. The summed E-state index contributed by atoms with van der Waals surface area (Å²) >= 11 is 0. The fraction of sp³-hybridized carbons (Fsp3) is 0.136. The Kier molecular flexibility index (Phi) is 5.62. The van der Waals surface area contributed by atoms with Crippen molar-refractivity contribution in [1.82, 2.24) is 0 Å². The molecule has 10 heteroatoms. The fourth-order valence-corrected chi connectivity index (χ4v) is 5.13. The van der Waals surface area contributed by atoms with Crippen LogP contribution in [-0.2, 0) is 16.4 Å². The zero-order valence-electron chi connectivity index (χ0n) is 16.7. The molecule has 4 rings (SSSR count). The Bertz CT molecular complexity index is 1310. The Morgan fingerprint density at radius 2 is 1.81 bits per heavy atom. The summed E-state index contributed by atoms with van der Waals surface area (Å²) < 4.78 is 40.6. The molecule has 1 aliphatic heterocycles. The van der Waals surface area contributed by atoms with Crippen molar-refractivity contribution in [3.8, 4) is 0 Å². The van der Waals surface area contributed by atoms with Crippen LogP contribution in [0.25, 0.3) is 0 Å². The number of carbonyl (C=O) groups excluding carboxylic acids is 1. The van der Waals surface area contributed by atoms with Gasteiger partial charge >= 0.3 is 0 Å². The molecule has 0 fully saturated rings. The van der Waals surface area contributed by atoms with E-state index in [9.17, 15) is 27.7 Å². The van der Waals surface area contributed by atoms with E-state index in [2.05, 4.69) is 5.32 Å². The molecule has 0 atom stereocenters. The van der Waals surface area contributed by atoms with Crippen LogP contribution in [0.1, 0.15) is 22.3 Å². The minimum Gasteiger partial charge on any atom is -0.322 e. The Morgan fingerprint density at radius 1 is 1.06 bits per heavy atom. The molecule has 0 saturated heterocycles. The highest BCUT2D eigenvalue weighted by Crippen LogP contribution is 2.34. The lowest BCUT2D eigenvalue weighted by atomic mass is 10.0. The molecule has 164 valence electrons. The van der Waals surface area contributed by atoms with Crippen molar-refractivity contribution < 1.29 is 22.5 Å². The van der Waals surface area contributed by atoms with Crippen LogP contribution in [0.15, 0.2) is 71.6 Å². The number of benzene rings is 3. The van der Waals surface area contributed by atoms with Gasteiger partial charge in [-0.3, -0.25) is 19.2 Å². The normalized spacial score (nSPS) is 13.3. The molecular formula is C22H18FN3O5S. The van der Waals surface area contributed by atoms with Gasteiger partial charge in [0, 0.05) is 29.9 Å². The fourth-order valence-electron chi connectivity index (χ4n) is 3.59. The molecule has 3 aromatic rings. The van der Waals surface area contributed by atoms with Gasteiger partial charge in [-0.2, -0.15) is 0 Å².